The Bertz CT molecular complexity index is 913. The minimum atomic E-state index is -3.61. The van der Waals surface area contributed by atoms with Crippen LogP contribution in [0.25, 0.3) is 0 Å². The van der Waals surface area contributed by atoms with Crippen molar-refractivity contribution < 1.29 is 13.2 Å². The fourth-order valence-corrected chi connectivity index (χ4v) is 3.67. The highest BCUT2D eigenvalue weighted by Crippen LogP contribution is 2.23. The van der Waals surface area contributed by atoms with E-state index in [2.05, 4.69) is 26.5 Å². The Balaban J connectivity index is 2.12. The van der Waals surface area contributed by atoms with Gasteiger partial charge in [-0.2, -0.15) is 5.10 Å². The van der Waals surface area contributed by atoms with E-state index < -0.39 is 15.9 Å². The zero-order valence-electron chi connectivity index (χ0n) is 14.5. The molecule has 26 heavy (non-hydrogen) atoms. The summed E-state index contributed by atoms with van der Waals surface area (Å²) in [7, 11) is -3.61. The molecule has 0 saturated heterocycles. The molecule has 0 heterocycles. The second-order valence-corrected chi connectivity index (χ2v) is 8.42. The van der Waals surface area contributed by atoms with Crippen LogP contribution in [0.15, 0.2) is 58.1 Å². The van der Waals surface area contributed by atoms with E-state index in [9.17, 15) is 13.2 Å². The van der Waals surface area contributed by atoms with Gasteiger partial charge < -0.3 is 0 Å². The van der Waals surface area contributed by atoms with Gasteiger partial charge in [0.15, 0.2) is 0 Å². The van der Waals surface area contributed by atoms with E-state index in [0.717, 1.165) is 26.2 Å². The highest BCUT2D eigenvalue weighted by Gasteiger charge is 2.22. The van der Waals surface area contributed by atoms with Crippen molar-refractivity contribution >= 4 is 43.8 Å². The van der Waals surface area contributed by atoms with Crippen molar-refractivity contribution in [3.63, 3.8) is 0 Å². The molecule has 6 nitrogen and oxygen atoms in total. The molecule has 0 unspecified atom stereocenters. The topological polar surface area (TPSA) is 78.8 Å². The van der Waals surface area contributed by atoms with Crippen LogP contribution < -0.4 is 9.73 Å². The second-order valence-electron chi connectivity index (χ2n) is 5.60. The molecular weight excluding hydrogens is 418 g/mol. The molecule has 0 saturated carbocycles. The maximum atomic E-state index is 12.2. The number of benzene rings is 2. The van der Waals surface area contributed by atoms with Gasteiger partial charge in [0.25, 0.3) is 5.91 Å². The number of aryl methyl sites for hydroxylation is 1. The summed E-state index contributed by atoms with van der Waals surface area (Å²) in [4.78, 5) is 12.2. The Morgan fingerprint density at radius 2 is 1.96 bits per heavy atom. The first-order chi connectivity index (χ1) is 12.3. The number of para-hydroxylation sites is 1. The molecule has 2 aromatic carbocycles. The van der Waals surface area contributed by atoms with Gasteiger partial charge in [-0.15, -0.1) is 0 Å². The van der Waals surface area contributed by atoms with Crippen LogP contribution in [0.1, 0.15) is 18.1 Å². The minimum absolute atomic E-state index is 0.342. The molecule has 138 valence electrons. The molecule has 0 fully saturated rings. The summed E-state index contributed by atoms with van der Waals surface area (Å²) >= 11 is 3.35. The summed E-state index contributed by atoms with van der Waals surface area (Å²) in [6, 6.07) is 14.5. The number of nitrogens with zero attached hydrogens (tertiary/aromatic N) is 2. The van der Waals surface area contributed by atoms with E-state index in [0.29, 0.717) is 12.1 Å². The Labute approximate surface area is 162 Å². The lowest BCUT2D eigenvalue weighted by atomic mass is 10.1. The van der Waals surface area contributed by atoms with Crippen molar-refractivity contribution in [1.82, 2.24) is 5.43 Å². The normalized spacial score (nSPS) is 11.5. The van der Waals surface area contributed by atoms with Crippen molar-refractivity contribution in [3.05, 3.63) is 64.1 Å². The number of hydrogen-bond donors (Lipinski definition) is 1. The van der Waals surface area contributed by atoms with Gasteiger partial charge in [0.1, 0.15) is 6.54 Å². The molecular formula is C18H20BrN3O3S. The highest BCUT2D eigenvalue weighted by atomic mass is 79.9. The first-order valence-electron chi connectivity index (χ1n) is 7.94. The number of carbonyl (C=O) groups excluding carboxylic acids is 1. The van der Waals surface area contributed by atoms with Gasteiger partial charge in [-0.1, -0.05) is 53.2 Å². The SMILES string of the molecule is CCc1ccccc1N(CC(=O)N/N=C\c1cccc(Br)c1)S(C)(=O)=O. The molecule has 1 N–H and O–H groups in total. The molecule has 0 spiro atoms. The molecule has 2 aromatic rings. The van der Waals surface area contributed by atoms with Gasteiger partial charge in [0.2, 0.25) is 10.0 Å². The van der Waals surface area contributed by atoms with E-state index in [1.807, 2.05) is 43.3 Å². The van der Waals surface area contributed by atoms with Crippen molar-refractivity contribution in [3.8, 4) is 0 Å². The third kappa shape index (κ3) is 5.67. The van der Waals surface area contributed by atoms with Gasteiger partial charge >= 0.3 is 0 Å². The second kappa shape index (κ2) is 8.95. The van der Waals surface area contributed by atoms with E-state index >= 15 is 0 Å². The van der Waals surface area contributed by atoms with Gasteiger partial charge in [0, 0.05) is 4.47 Å². The minimum Gasteiger partial charge on any atom is -0.271 e. The van der Waals surface area contributed by atoms with E-state index in [1.54, 1.807) is 12.1 Å². The van der Waals surface area contributed by atoms with Crippen LogP contribution >= 0.6 is 15.9 Å². The summed E-state index contributed by atoms with van der Waals surface area (Å²) < 4.78 is 26.3. The zero-order valence-corrected chi connectivity index (χ0v) is 16.9. The smallest absolute Gasteiger partial charge is 0.260 e. The number of halogens is 1. The van der Waals surface area contributed by atoms with Crippen LogP contribution in [0.5, 0.6) is 0 Å². The molecule has 1 amide bonds. The van der Waals surface area contributed by atoms with Crippen LogP contribution in [-0.2, 0) is 21.2 Å². The number of anilines is 1. The van der Waals surface area contributed by atoms with Crippen molar-refractivity contribution in [2.24, 2.45) is 5.10 Å². The third-order valence-corrected chi connectivity index (χ3v) is 5.20. The van der Waals surface area contributed by atoms with E-state index in [4.69, 9.17) is 0 Å². The number of sulfonamides is 1. The Morgan fingerprint density at radius 1 is 1.23 bits per heavy atom. The summed E-state index contributed by atoms with van der Waals surface area (Å²) in [5.41, 5.74) is 4.53. The summed E-state index contributed by atoms with van der Waals surface area (Å²) in [6.07, 6.45) is 3.23. The highest BCUT2D eigenvalue weighted by molar-refractivity contribution is 9.10. The maximum Gasteiger partial charge on any atom is 0.260 e. The number of hydrazone groups is 1. The molecule has 0 aliphatic rings. The fraction of sp³-hybridized carbons (Fsp3) is 0.222. The average Bonchev–Trinajstić information content (AvgIpc) is 2.59. The van der Waals surface area contributed by atoms with E-state index in [1.165, 1.54) is 6.21 Å². The first-order valence-corrected chi connectivity index (χ1v) is 10.6. The van der Waals surface area contributed by atoms with Crippen molar-refractivity contribution in [2.75, 3.05) is 17.1 Å². The van der Waals surface area contributed by atoms with Crippen LogP contribution in [-0.4, -0.2) is 33.3 Å². The lowest BCUT2D eigenvalue weighted by molar-refractivity contribution is -0.119. The standard InChI is InChI=1S/C18H20BrN3O3S/c1-3-15-8-4-5-10-17(15)22(26(2,24)25)13-18(23)21-20-12-14-7-6-9-16(19)11-14/h4-12H,3,13H2,1-2H3,(H,21,23)/b20-12-. The fourth-order valence-electron chi connectivity index (χ4n) is 2.37. The van der Waals surface area contributed by atoms with Crippen LogP contribution in [0, 0.1) is 0 Å². The first kappa shape index (κ1) is 20.1. The lowest BCUT2D eigenvalue weighted by Crippen LogP contribution is -2.39. The van der Waals surface area contributed by atoms with Crippen molar-refractivity contribution in [1.29, 1.82) is 0 Å². The summed E-state index contributed by atoms with van der Waals surface area (Å²) in [6.45, 7) is 1.59. The largest absolute Gasteiger partial charge is 0.271 e. The quantitative estimate of drug-likeness (QED) is 0.534. The number of amides is 1. The number of nitrogens with one attached hydrogen (secondary N) is 1. The van der Waals surface area contributed by atoms with Gasteiger partial charge in [-0.3, -0.25) is 9.10 Å². The van der Waals surface area contributed by atoms with Crippen LogP contribution in [0.2, 0.25) is 0 Å². The molecule has 0 aliphatic heterocycles. The predicted octanol–water partition coefficient (Wildman–Crippen LogP) is 2.93. The van der Waals surface area contributed by atoms with Crippen LogP contribution in [0.4, 0.5) is 5.69 Å². The maximum absolute atomic E-state index is 12.2. The Kier molecular flexibility index (Phi) is 6.93. The van der Waals surface area contributed by atoms with Crippen LogP contribution in [0.3, 0.4) is 0 Å². The molecule has 8 heteroatoms. The average molecular weight is 438 g/mol. The Hall–Kier alpha value is -2.19. The summed E-state index contributed by atoms with van der Waals surface area (Å²) in [5, 5.41) is 3.89. The van der Waals surface area contributed by atoms with E-state index in [-0.39, 0.29) is 6.54 Å². The number of hydrogen-bond acceptors (Lipinski definition) is 4. The monoisotopic (exact) mass is 437 g/mol. The molecule has 0 bridgehead atoms. The molecule has 0 aromatic heterocycles. The third-order valence-electron chi connectivity index (χ3n) is 3.58. The Morgan fingerprint density at radius 3 is 2.62 bits per heavy atom. The zero-order chi connectivity index (χ0) is 19.2. The van der Waals surface area contributed by atoms with Gasteiger partial charge in [-0.25, -0.2) is 13.8 Å². The molecule has 0 aliphatic carbocycles. The molecule has 0 atom stereocenters. The lowest BCUT2D eigenvalue weighted by Gasteiger charge is -2.23. The summed E-state index contributed by atoms with van der Waals surface area (Å²) in [5.74, 6) is -0.521. The number of rotatable bonds is 7. The van der Waals surface area contributed by atoms with Gasteiger partial charge in [-0.05, 0) is 35.7 Å². The van der Waals surface area contributed by atoms with Crippen molar-refractivity contribution in [2.45, 2.75) is 13.3 Å². The molecule has 2 rings (SSSR count). The predicted molar refractivity (Wildman–Crippen MR) is 108 cm³/mol. The van der Waals surface area contributed by atoms with Gasteiger partial charge in [0.05, 0.1) is 18.2 Å². The number of carbonyl (C=O) groups is 1. The molecule has 0 radical (unpaired) electrons.